The molecular formula is C21H24N4O5. The standard InChI is InChI=1S/C21H24N4O5/c1-3-5-14-7-9-15(10-8-14)21(2)18(27)25(20(29)24-21)13-17(26)23-19(28)22-12-16-6-4-11-30-16/h4,6-11H,3,5,12-13H2,1-2H3,(H,24,29)(H2,22,23,26,28)/t21-/m0/s1. The molecule has 0 bridgehead atoms. The lowest BCUT2D eigenvalue weighted by atomic mass is 9.91. The molecule has 0 saturated carbocycles. The highest BCUT2D eigenvalue weighted by molar-refractivity contribution is 6.10. The van der Waals surface area contributed by atoms with E-state index in [4.69, 9.17) is 4.42 Å². The van der Waals surface area contributed by atoms with Crippen LogP contribution in [0.15, 0.2) is 47.1 Å². The van der Waals surface area contributed by atoms with Crippen LogP contribution in [-0.2, 0) is 28.1 Å². The molecule has 1 aliphatic rings. The molecule has 1 fully saturated rings. The minimum absolute atomic E-state index is 0.0986. The van der Waals surface area contributed by atoms with Crippen LogP contribution in [0.1, 0.15) is 37.2 Å². The zero-order valence-corrected chi connectivity index (χ0v) is 16.9. The summed E-state index contributed by atoms with van der Waals surface area (Å²) in [6.07, 6.45) is 3.39. The Morgan fingerprint density at radius 1 is 1.17 bits per heavy atom. The first kappa shape index (κ1) is 21.1. The third-order valence-electron chi connectivity index (χ3n) is 4.90. The smallest absolute Gasteiger partial charge is 0.325 e. The van der Waals surface area contributed by atoms with Gasteiger partial charge in [-0.05, 0) is 36.6 Å². The first-order valence-corrected chi connectivity index (χ1v) is 9.67. The van der Waals surface area contributed by atoms with Crippen LogP contribution in [0.25, 0.3) is 0 Å². The zero-order chi connectivity index (χ0) is 21.7. The fourth-order valence-electron chi connectivity index (χ4n) is 3.26. The molecule has 1 saturated heterocycles. The Morgan fingerprint density at radius 2 is 1.90 bits per heavy atom. The Labute approximate surface area is 173 Å². The lowest BCUT2D eigenvalue weighted by molar-refractivity contribution is -0.134. The van der Waals surface area contributed by atoms with Crippen LogP contribution in [0.5, 0.6) is 0 Å². The fraction of sp³-hybridized carbons (Fsp3) is 0.333. The van der Waals surface area contributed by atoms with E-state index in [1.165, 1.54) is 6.26 Å². The number of nitrogens with one attached hydrogen (secondary N) is 3. The number of carbonyl (C=O) groups excluding carboxylic acids is 4. The van der Waals surface area contributed by atoms with Gasteiger partial charge in [-0.2, -0.15) is 0 Å². The van der Waals surface area contributed by atoms with E-state index in [0.717, 1.165) is 23.3 Å². The van der Waals surface area contributed by atoms with Crippen molar-refractivity contribution in [2.24, 2.45) is 0 Å². The summed E-state index contributed by atoms with van der Waals surface area (Å²) in [6, 6.07) is 9.34. The minimum Gasteiger partial charge on any atom is -0.467 e. The van der Waals surface area contributed by atoms with Crippen LogP contribution >= 0.6 is 0 Å². The molecule has 2 aromatic rings. The predicted molar refractivity (Wildman–Crippen MR) is 107 cm³/mol. The van der Waals surface area contributed by atoms with E-state index in [-0.39, 0.29) is 6.54 Å². The van der Waals surface area contributed by atoms with Gasteiger partial charge >= 0.3 is 12.1 Å². The first-order chi connectivity index (χ1) is 14.3. The molecule has 1 aromatic heterocycles. The number of carbonyl (C=O) groups is 4. The third kappa shape index (κ3) is 4.51. The Balaban J connectivity index is 1.59. The van der Waals surface area contributed by atoms with Gasteiger partial charge in [0.2, 0.25) is 5.91 Å². The van der Waals surface area contributed by atoms with Gasteiger partial charge in [0.1, 0.15) is 17.8 Å². The highest BCUT2D eigenvalue weighted by Crippen LogP contribution is 2.29. The van der Waals surface area contributed by atoms with E-state index >= 15 is 0 Å². The number of hydrogen-bond acceptors (Lipinski definition) is 5. The summed E-state index contributed by atoms with van der Waals surface area (Å²) in [5.74, 6) is -0.813. The first-order valence-electron chi connectivity index (χ1n) is 9.67. The molecule has 6 amide bonds. The second kappa shape index (κ2) is 8.81. The van der Waals surface area contributed by atoms with Gasteiger partial charge in [-0.15, -0.1) is 0 Å². The van der Waals surface area contributed by atoms with E-state index in [1.807, 2.05) is 12.1 Å². The van der Waals surface area contributed by atoms with E-state index in [9.17, 15) is 19.2 Å². The van der Waals surface area contributed by atoms with Gasteiger partial charge in [-0.1, -0.05) is 37.6 Å². The minimum atomic E-state index is -1.27. The highest BCUT2D eigenvalue weighted by Gasteiger charge is 2.49. The molecule has 30 heavy (non-hydrogen) atoms. The summed E-state index contributed by atoms with van der Waals surface area (Å²) >= 11 is 0. The van der Waals surface area contributed by atoms with Crippen LogP contribution in [0.3, 0.4) is 0 Å². The van der Waals surface area contributed by atoms with Gasteiger partial charge in [0.15, 0.2) is 0 Å². The fourth-order valence-corrected chi connectivity index (χ4v) is 3.26. The molecule has 0 radical (unpaired) electrons. The maximum absolute atomic E-state index is 12.9. The number of amides is 6. The summed E-state index contributed by atoms with van der Waals surface area (Å²) < 4.78 is 5.08. The number of hydrogen-bond donors (Lipinski definition) is 3. The van der Waals surface area contributed by atoms with Crippen molar-refractivity contribution >= 4 is 23.9 Å². The van der Waals surface area contributed by atoms with Crippen LogP contribution < -0.4 is 16.0 Å². The van der Waals surface area contributed by atoms with Crippen molar-refractivity contribution in [1.82, 2.24) is 20.9 Å². The van der Waals surface area contributed by atoms with Gasteiger partial charge in [-0.3, -0.25) is 19.8 Å². The number of furan rings is 1. The Bertz CT molecular complexity index is 939. The number of aryl methyl sites for hydroxylation is 1. The molecule has 9 nitrogen and oxygen atoms in total. The van der Waals surface area contributed by atoms with Crippen molar-refractivity contribution in [3.8, 4) is 0 Å². The molecule has 158 valence electrons. The number of imide groups is 2. The van der Waals surface area contributed by atoms with Gasteiger partial charge in [0, 0.05) is 0 Å². The molecule has 0 unspecified atom stereocenters. The van der Waals surface area contributed by atoms with Crippen LogP contribution in [0.4, 0.5) is 9.59 Å². The predicted octanol–water partition coefficient (Wildman–Crippen LogP) is 2.03. The summed E-state index contributed by atoms with van der Waals surface area (Å²) in [5.41, 5.74) is 0.488. The molecule has 2 heterocycles. The Kier molecular flexibility index (Phi) is 6.20. The van der Waals surface area contributed by atoms with Crippen molar-refractivity contribution in [2.75, 3.05) is 6.54 Å². The van der Waals surface area contributed by atoms with E-state index < -0.39 is 36.0 Å². The molecule has 1 aromatic carbocycles. The molecule has 1 aliphatic heterocycles. The Hall–Kier alpha value is -3.62. The second-order valence-corrected chi connectivity index (χ2v) is 7.20. The quantitative estimate of drug-likeness (QED) is 0.601. The molecule has 3 rings (SSSR count). The van der Waals surface area contributed by atoms with Gasteiger partial charge in [0.05, 0.1) is 12.8 Å². The summed E-state index contributed by atoms with van der Waals surface area (Å²) in [4.78, 5) is 50.0. The van der Waals surface area contributed by atoms with Crippen molar-refractivity contribution in [3.05, 3.63) is 59.5 Å². The second-order valence-electron chi connectivity index (χ2n) is 7.20. The Morgan fingerprint density at radius 3 is 2.53 bits per heavy atom. The van der Waals surface area contributed by atoms with Crippen LogP contribution in [-0.4, -0.2) is 35.3 Å². The molecule has 1 atom stereocenters. The van der Waals surface area contributed by atoms with E-state index in [1.54, 1.807) is 31.2 Å². The lowest BCUT2D eigenvalue weighted by Crippen LogP contribution is -2.46. The summed E-state index contributed by atoms with van der Waals surface area (Å²) in [5, 5.41) is 7.19. The molecular weight excluding hydrogens is 388 g/mol. The normalized spacial score (nSPS) is 18.3. The van der Waals surface area contributed by atoms with Crippen LogP contribution in [0.2, 0.25) is 0 Å². The lowest BCUT2D eigenvalue weighted by Gasteiger charge is -2.22. The molecule has 3 N–H and O–H groups in total. The maximum Gasteiger partial charge on any atom is 0.325 e. The van der Waals surface area contributed by atoms with Crippen LogP contribution in [0, 0.1) is 0 Å². The number of nitrogens with zero attached hydrogens (tertiary/aromatic N) is 1. The zero-order valence-electron chi connectivity index (χ0n) is 16.9. The largest absolute Gasteiger partial charge is 0.467 e. The van der Waals surface area contributed by atoms with E-state index in [2.05, 4.69) is 22.9 Å². The van der Waals surface area contributed by atoms with Gasteiger partial charge < -0.3 is 15.1 Å². The van der Waals surface area contributed by atoms with Crippen molar-refractivity contribution in [2.45, 2.75) is 38.8 Å². The number of benzene rings is 1. The highest BCUT2D eigenvalue weighted by atomic mass is 16.3. The molecule has 0 aliphatic carbocycles. The number of urea groups is 2. The summed E-state index contributed by atoms with van der Waals surface area (Å²) in [7, 11) is 0. The SMILES string of the molecule is CCCc1ccc([C@]2(C)NC(=O)N(CC(=O)NC(=O)NCc3ccco3)C2=O)cc1. The average molecular weight is 412 g/mol. The third-order valence-corrected chi connectivity index (χ3v) is 4.90. The number of rotatable bonds is 7. The molecule has 0 spiro atoms. The van der Waals surface area contributed by atoms with Crippen molar-refractivity contribution < 1.29 is 23.6 Å². The topological polar surface area (TPSA) is 121 Å². The van der Waals surface area contributed by atoms with E-state index in [0.29, 0.717) is 11.3 Å². The maximum atomic E-state index is 12.9. The molecule has 9 heteroatoms. The van der Waals surface area contributed by atoms with Gasteiger partial charge in [0.25, 0.3) is 5.91 Å². The van der Waals surface area contributed by atoms with Crippen molar-refractivity contribution in [3.63, 3.8) is 0 Å². The summed E-state index contributed by atoms with van der Waals surface area (Å²) in [6.45, 7) is 3.20. The average Bonchev–Trinajstić information content (AvgIpc) is 3.30. The van der Waals surface area contributed by atoms with Crippen molar-refractivity contribution in [1.29, 1.82) is 0 Å². The monoisotopic (exact) mass is 412 g/mol. The van der Waals surface area contributed by atoms with Gasteiger partial charge in [-0.25, -0.2) is 9.59 Å².